The molecular formula is C27H27NO. The molecule has 0 N–H and O–H groups in total. The fraction of sp³-hybridized carbons (Fsp3) is 0.222. The highest BCUT2D eigenvalue weighted by Gasteiger charge is 2.08. The van der Waals surface area contributed by atoms with E-state index in [1.807, 2.05) is 6.07 Å². The van der Waals surface area contributed by atoms with Gasteiger partial charge in [-0.25, -0.2) is 4.99 Å². The molecule has 0 atom stereocenters. The minimum absolute atomic E-state index is 0.510. The second-order valence-electron chi connectivity index (χ2n) is 8.10. The maximum atomic E-state index is 6.28. The summed E-state index contributed by atoms with van der Waals surface area (Å²) in [5, 5.41) is 1.97. The van der Waals surface area contributed by atoms with E-state index < -0.39 is 0 Å². The molecule has 4 rings (SSSR count). The summed E-state index contributed by atoms with van der Waals surface area (Å²) >= 11 is 0. The third-order valence-corrected chi connectivity index (χ3v) is 5.58. The van der Waals surface area contributed by atoms with Crippen molar-refractivity contribution >= 4 is 16.7 Å². The molecule has 146 valence electrons. The predicted molar refractivity (Wildman–Crippen MR) is 122 cm³/mol. The normalized spacial score (nSPS) is 12.1. The summed E-state index contributed by atoms with van der Waals surface area (Å²) in [6.07, 6.45) is 0. The largest absolute Gasteiger partial charge is 0.456 e. The first kappa shape index (κ1) is 19.2. The maximum Gasteiger partial charge on any atom is 0.136 e. The Bertz CT molecular complexity index is 1240. The molecule has 0 fully saturated rings. The number of hydrogen-bond acceptors (Lipinski definition) is 2. The molecular weight excluding hydrogens is 354 g/mol. The van der Waals surface area contributed by atoms with E-state index in [9.17, 15) is 0 Å². The number of nitrogens with zero attached hydrogens (tertiary/aromatic N) is 1. The topological polar surface area (TPSA) is 25.5 Å². The molecule has 3 aromatic carbocycles. The lowest BCUT2D eigenvalue weighted by molar-refractivity contribution is 0.618. The molecule has 1 heterocycles. The number of rotatable bonds is 3. The van der Waals surface area contributed by atoms with Crippen LogP contribution in [0.1, 0.15) is 42.0 Å². The van der Waals surface area contributed by atoms with Gasteiger partial charge in [-0.2, -0.15) is 0 Å². The zero-order chi connectivity index (χ0) is 20.5. The van der Waals surface area contributed by atoms with E-state index in [2.05, 4.69) is 95.3 Å². The van der Waals surface area contributed by atoms with Crippen LogP contribution in [-0.4, -0.2) is 0 Å². The van der Waals surface area contributed by atoms with E-state index in [-0.39, 0.29) is 0 Å². The van der Waals surface area contributed by atoms with Crippen LogP contribution in [0.4, 0.5) is 5.69 Å². The van der Waals surface area contributed by atoms with Crippen LogP contribution in [0.25, 0.3) is 22.3 Å². The lowest BCUT2D eigenvalue weighted by Crippen LogP contribution is -2.04. The summed E-state index contributed by atoms with van der Waals surface area (Å²) in [6.45, 7) is 10.8. The molecule has 0 aliphatic rings. The molecule has 1 aromatic heterocycles. The van der Waals surface area contributed by atoms with Crippen LogP contribution >= 0.6 is 0 Å². The van der Waals surface area contributed by atoms with Gasteiger partial charge in [-0.05, 0) is 61.6 Å². The number of fused-ring (bicyclic) bond motifs is 1. The fourth-order valence-corrected chi connectivity index (χ4v) is 3.54. The van der Waals surface area contributed by atoms with Crippen LogP contribution in [0, 0.1) is 20.8 Å². The minimum Gasteiger partial charge on any atom is -0.456 e. The first-order valence-corrected chi connectivity index (χ1v) is 10.2. The lowest BCUT2D eigenvalue weighted by Gasteiger charge is -2.09. The van der Waals surface area contributed by atoms with Gasteiger partial charge in [-0.1, -0.05) is 61.9 Å². The van der Waals surface area contributed by atoms with Gasteiger partial charge in [-0.15, -0.1) is 0 Å². The van der Waals surface area contributed by atoms with E-state index in [0.29, 0.717) is 5.92 Å². The Hall–Kier alpha value is -3.13. The molecule has 0 bridgehead atoms. The molecule has 0 saturated carbocycles. The Morgan fingerprint density at radius 3 is 2.31 bits per heavy atom. The Labute approximate surface area is 172 Å². The highest BCUT2D eigenvalue weighted by Crippen LogP contribution is 2.26. The molecule has 0 unspecified atom stereocenters. The van der Waals surface area contributed by atoms with Crippen molar-refractivity contribution in [1.82, 2.24) is 0 Å². The smallest absolute Gasteiger partial charge is 0.136 e. The Morgan fingerprint density at radius 1 is 0.828 bits per heavy atom. The van der Waals surface area contributed by atoms with Crippen LogP contribution in [0.15, 0.2) is 76.1 Å². The van der Waals surface area contributed by atoms with Crippen molar-refractivity contribution in [2.75, 3.05) is 0 Å². The van der Waals surface area contributed by atoms with Crippen molar-refractivity contribution in [1.29, 1.82) is 0 Å². The Balaban J connectivity index is 1.96. The third kappa shape index (κ3) is 3.88. The van der Waals surface area contributed by atoms with Crippen molar-refractivity contribution < 1.29 is 4.42 Å². The summed E-state index contributed by atoms with van der Waals surface area (Å²) < 4.78 is 6.28. The lowest BCUT2D eigenvalue weighted by atomic mass is 10.0. The van der Waals surface area contributed by atoms with E-state index in [4.69, 9.17) is 9.41 Å². The molecule has 0 radical (unpaired) electrons. The van der Waals surface area contributed by atoms with Crippen LogP contribution in [0.2, 0.25) is 0 Å². The quantitative estimate of drug-likeness (QED) is 0.363. The van der Waals surface area contributed by atoms with E-state index in [1.54, 1.807) is 0 Å². The summed E-state index contributed by atoms with van der Waals surface area (Å²) in [4.78, 5) is 5.04. The molecule has 29 heavy (non-hydrogen) atoms. The first-order valence-electron chi connectivity index (χ1n) is 10.2. The van der Waals surface area contributed by atoms with E-state index >= 15 is 0 Å². The van der Waals surface area contributed by atoms with Gasteiger partial charge in [0, 0.05) is 17.0 Å². The van der Waals surface area contributed by atoms with Gasteiger partial charge in [0.15, 0.2) is 0 Å². The Morgan fingerprint density at radius 2 is 1.59 bits per heavy atom. The van der Waals surface area contributed by atoms with Crippen molar-refractivity contribution in [2.24, 2.45) is 4.99 Å². The molecule has 2 nitrogen and oxygen atoms in total. The molecule has 4 aromatic rings. The molecule has 2 heteroatoms. The van der Waals surface area contributed by atoms with Gasteiger partial charge in [0.1, 0.15) is 11.3 Å². The standard InChI is InChI=1S/C27H27NO/c1-17(2)21-10-12-22(13-11-21)27-16-25(23-15-18(3)9-14-26(23)29-27)28-24-8-6-7-19(4)20(24)5/h6-17H,1-5H3. The molecule has 0 amide bonds. The third-order valence-electron chi connectivity index (χ3n) is 5.58. The molecule has 0 aliphatic heterocycles. The average molecular weight is 382 g/mol. The van der Waals surface area contributed by atoms with Crippen LogP contribution in [0.5, 0.6) is 0 Å². The van der Waals surface area contributed by atoms with Crippen LogP contribution in [0.3, 0.4) is 0 Å². The summed E-state index contributed by atoms with van der Waals surface area (Å²) in [5.74, 6) is 1.34. The summed E-state index contributed by atoms with van der Waals surface area (Å²) in [7, 11) is 0. The van der Waals surface area contributed by atoms with Crippen molar-refractivity contribution in [3.63, 3.8) is 0 Å². The monoisotopic (exact) mass is 381 g/mol. The summed E-state index contributed by atoms with van der Waals surface area (Å²) in [5.41, 5.74) is 7.89. The average Bonchev–Trinajstić information content (AvgIpc) is 2.71. The molecule has 0 aliphatic carbocycles. The van der Waals surface area contributed by atoms with Crippen LogP contribution < -0.4 is 5.36 Å². The van der Waals surface area contributed by atoms with Crippen molar-refractivity contribution in [3.05, 3.63) is 94.3 Å². The predicted octanol–water partition coefficient (Wildman–Crippen LogP) is 7.38. The number of benzene rings is 3. The fourth-order valence-electron chi connectivity index (χ4n) is 3.54. The zero-order valence-corrected chi connectivity index (χ0v) is 17.8. The van der Waals surface area contributed by atoms with Gasteiger partial charge in [0.25, 0.3) is 0 Å². The highest BCUT2D eigenvalue weighted by atomic mass is 16.3. The van der Waals surface area contributed by atoms with E-state index in [1.165, 1.54) is 22.3 Å². The second kappa shape index (κ2) is 7.71. The zero-order valence-electron chi connectivity index (χ0n) is 17.8. The minimum atomic E-state index is 0.510. The van der Waals surface area contributed by atoms with Gasteiger partial charge in [0.2, 0.25) is 0 Å². The van der Waals surface area contributed by atoms with Gasteiger partial charge < -0.3 is 4.42 Å². The Kier molecular flexibility index (Phi) is 5.10. The second-order valence-corrected chi connectivity index (χ2v) is 8.10. The number of aryl methyl sites for hydroxylation is 2. The van der Waals surface area contributed by atoms with E-state index in [0.717, 1.165) is 33.3 Å². The maximum absolute atomic E-state index is 6.28. The van der Waals surface area contributed by atoms with Crippen LogP contribution in [-0.2, 0) is 0 Å². The SMILES string of the molecule is Cc1ccc2oc(-c3ccc(C(C)C)cc3)cc(=Nc3cccc(C)c3C)c2c1. The molecule has 0 saturated heterocycles. The summed E-state index contributed by atoms with van der Waals surface area (Å²) in [6, 6.07) is 23.2. The van der Waals surface area contributed by atoms with Crippen molar-refractivity contribution in [2.45, 2.75) is 40.5 Å². The first-order chi connectivity index (χ1) is 13.9. The van der Waals surface area contributed by atoms with Gasteiger partial charge >= 0.3 is 0 Å². The van der Waals surface area contributed by atoms with Gasteiger partial charge in [0.05, 0.1) is 11.0 Å². The van der Waals surface area contributed by atoms with Gasteiger partial charge in [-0.3, -0.25) is 0 Å². The van der Waals surface area contributed by atoms with Crippen molar-refractivity contribution in [3.8, 4) is 11.3 Å². The number of hydrogen-bond donors (Lipinski definition) is 0. The molecule has 0 spiro atoms. The highest BCUT2D eigenvalue weighted by molar-refractivity contribution is 5.79.